The molecule has 1 aromatic heterocycles. The molecule has 4 rings (SSSR count). The van der Waals surface area contributed by atoms with Crippen LogP contribution in [0.5, 0.6) is 5.75 Å². The molecule has 1 fully saturated rings. The van der Waals surface area contributed by atoms with Gasteiger partial charge < -0.3 is 30.1 Å². The number of hydrogen-bond donors (Lipinski definition) is 3. The largest absolute Gasteiger partial charge is 0.482 e. The summed E-state index contributed by atoms with van der Waals surface area (Å²) >= 11 is 1.10. The van der Waals surface area contributed by atoms with Crippen LogP contribution in [0.1, 0.15) is 139 Å². The maximum absolute atomic E-state index is 14.9. The first kappa shape index (κ1) is 54.7. The number of carboxylic acid groups (broad SMARTS) is 1. The van der Waals surface area contributed by atoms with E-state index in [4.69, 9.17) is 15.9 Å². The van der Waals surface area contributed by atoms with Gasteiger partial charge in [-0.3, -0.25) is 39.0 Å². The van der Waals surface area contributed by atoms with E-state index in [1.54, 1.807) is 11.0 Å². The van der Waals surface area contributed by atoms with Crippen molar-refractivity contribution < 1.29 is 43.5 Å². The third-order valence-corrected chi connectivity index (χ3v) is 13.6. The number of terminal acetylenes is 1. The summed E-state index contributed by atoms with van der Waals surface area (Å²) in [5.74, 6) is -0.333. The van der Waals surface area contributed by atoms with E-state index in [9.17, 15) is 39.2 Å². The van der Waals surface area contributed by atoms with Crippen LogP contribution in [0.4, 0.5) is 5.69 Å². The number of nitrogens with one attached hydrogen (secondary N) is 2. The number of thiazole rings is 1. The number of carbonyl (C=O) groups excluding carboxylic acids is 4. The Labute approximate surface area is 405 Å². The van der Waals surface area contributed by atoms with Crippen LogP contribution in [-0.4, -0.2) is 98.8 Å². The van der Waals surface area contributed by atoms with E-state index in [0.29, 0.717) is 49.2 Å². The lowest BCUT2D eigenvalue weighted by Gasteiger charge is -2.40. The number of benzene rings is 2. The lowest BCUT2D eigenvalue weighted by atomic mass is 9.84. The predicted molar refractivity (Wildman–Crippen MR) is 261 cm³/mol. The molecule has 2 heterocycles. The minimum Gasteiger partial charge on any atom is -0.482 e. The fourth-order valence-electron chi connectivity index (χ4n) is 8.50. The number of piperidine rings is 1. The molecule has 6 atom stereocenters. The third kappa shape index (κ3) is 15.9. The Morgan fingerprint density at radius 2 is 1.79 bits per heavy atom. The summed E-state index contributed by atoms with van der Waals surface area (Å²) in [5, 5.41) is 30.1. The van der Waals surface area contributed by atoms with Crippen LogP contribution in [0.3, 0.4) is 0 Å². The molecule has 0 spiro atoms. The second kappa shape index (κ2) is 26.0. The van der Waals surface area contributed by atoms with Gasteiger partial charge in [-0.1, -0.05) is 76.9 Å². The highest BCUT2D eigenvalue weighted by molar-refractivity contribution is 7.09. The number of nitrogens with zero attached hydrogens (tertiary/aromatic N) is 4. The topological polar surface area (TPSA) is 211 Å². The Kier molecular flexibility index (Phi) is 21.0. The van der Waals surface area contributed by atoms with Gasteiger partial charge in [-0.15, -0.1) is 23.7 Å². The van der Waals surface area contributed by atoms with Crippen molar-refractivity contribution in [1.29, 1.82) is 0 Å². The normalized spacial score (nSPS) is 16.3. The van der Waals surface area contributed by atoms with Crippen molar-refractivity contribution in [2.24, 2.45) is 17.3 Å². The Hall–Kier alpha value is -5.86. The number of amides is 3. The number of likely N-dealkylation sites (tertiary alicyclic amines) is 1. The molecule has 3 N–H and O–H groups in total. The second-order valence-electron chi connectivity index (χ2n) is 18.9. The van der Waals surface area contributed by atoms with Gasteiger partial charge in [0.05, 0.1) is 16.4 Å². The summed E-state index contributed by atoms with van der Waals surface area (Å²) in [5.41, 5.74) is -0.283. The first-order chi connectivity index (χ1) is 32.3. The van der Waals surface area contributed by atoms with Crippen molar-refractivity contribution in [2.75, 3.05) is 20.1 Å². The molecule has 1 aliphatic rings. The number of esters is 1. The maximum Gasteiger partial charge on any atom is 0.311 e. The van der Waals surface area contributed by atoms with Gasteiger partial charge >= 0.3 is 17.6 Å². The van der Waals surface area contributed by atoms with Gasteiger partial charge in [0.15, 0.2) is 11.9 Å². The predicted octanol–water partition coefficient (Wildman–Crippen LogP) is 8.14. The van der Waals surface area contributed by atoms with Crippen LogP contribution in [0.25, 0.3) is 0 Å². The Morgan fingerprint density at radius 1 is 1.07 bits per heavy atom. The van der Waals surface area contributed by atoms with Gasteiger partial charge in [0.2, 0.25) is 11.8 Å². The van der Waals surface area contributed by atoms with Crippen LogP contribution in [0, 0.1) is 39.7 Å². The molecule has 17 heteroatoms. The lowest BCUT2D eigenvalue weighted by Crippen LogP contribution is -2.59. The molecule has 3 aromatic rings. The van der Waals surface area contributed by atoms with E-state index in [0.717, 1.165) is 36.3 Å². The molecule has 0 radical (unpaired) electrons. The Bertz CT molecular complexity index is 2220. The molecular formula is C51H70N6O10S. The summed E-state index contributed by atoms with van der Waals surface area (Å²) in [6, 6.07) is 11.3. The highest BCUT2D eigenvalue weighted by atomic mass is 32.1. The standard InChI is InChI=1S/C51H70N6O10S/c1-10-12-13-18-26-56(49(61)45(34(5)11-2)54-47(60)40-22-17-19-25-55(40)9)41(33(3)4)29-44(67-35(6)58)48-53-39(32-68-48)46(59)52-38(30-51(7,8)50(62)63)27-37-23-24-43(42(28-37)57(64)65)66-31-36-20-15-14-16-21-36/h1,14-16,20-21,23-24,28,32-34,38,40-41,44-45H,11-13,17-19,22,25-27,29-31H2,2-9H3,(H,52,59)(H,54,60)(H,62,63)/t34-,38-,40+,41+,44+,45-/m0/s1. The zero-order chi connectivity index (χ0) is 50.1. The SMILES string of the molecule is C#CCCCCN(C(=O)[C@@H](NC(=O)[C@H]1CCCCN1C)[C@@H](C)CC)[C@H](C[C@@H](OC(C)=O)c1nc(C(=O)N[C@@H](Cc2ccc(OCc3ccccc3)c([N+](=O)[O-])c2)CC(C)(C)C(=O)O)cs1)C(C)C. The molecular weight excluding hydrogens is 889 g/mol. The quantitative estimate of drug-likeness (QED) is 0.0229. The van der Waals surface area contributed by atoms with Crippen LogP contribution in [0.15, 0.2) is 53.9 Å². The first-order valence-electron chi connectivity index (χ1n) is 23.6. The molecule has 3 amide bonds. The molecule has 1 saturated heterocycles. The number of unbranched alkanes of at least 4 members (excludes halogenated alkanes) is 2. The van der Waals surface area contributed by atoms with Crippen molar-refractivity contribution in [2.45, 2.75) is 150 Å². The number of rotatable bonds is 26. The van der Waals surface area contributed by atoms with Crippen molar-refractivity contribution in [1.82, 2.24) is 25.4 Å². The number of nitro groups is 1. The summed E-state index contributed by atoms with van der Waals surface area (Å²) < 4.78 is 11.7. The van der Waals surface area contributed by atoms with E-state index >= 15 is 0 Å². The molecule has 0 bridgehead atoms. The minimum atomic E-state index is -1.30. The number of aliphatic carboxylic acids is 1. The summed E-state index contributed by atoms with van der Waals surface area (Å²) in [6.07, 6.45) is 9.85. The average Bonchev–Trinajstić information content (AvgIpc) is 3.80. The van der Waals surface area contributed by atoms with Gasteiger partial charge in [-0.05, 0) is 95.0 Å². The van der Waals surface area contributed by atoms with Crippen LogP contribution in [0.2, 0.25) is 0 Å². The maximum atomic E-state index is 14.9. The zero-order valence-electron chi connectivity index (χ0n) is 40.8. The fraction of sp³-hybridized carbons (Fsp3) is 0.569. The summed E-state index contributed by atoms with van der Waals surface area (Å²) in [4.78, 5) is 87.9. The summed E-state index contributed by atoms with van der Waals surface area (Å²) in [6.45, 7) is 13.5. The molecule has 0 aliphatic carbocycles. The van der Waals surface area contributed by atoms with Crippen molar-refractivity contribution in [3.05, 3.63) is 85.9 Å². The number of nitro benzene ring substituents is 1. The van der Waals surface area contributed by atoms with Gasteiger partial charge in [0.1, 0.15) is 23.4 Å². The fourth-order valence-corrected chi connectivity index (χ4v) is 9.33. The lowest BCUT2D eigenvalue weighted by molar-refractivity contribution is -0.386. The molecule has 0 saturated carbocycles. The third-order valence-electron chi connectivity index (χ3n) is 12.7. The van der Waals surface area contributed by atoms with Gasteiger partial charge in [-0.2, -0.15) is 0 Å². The Morgan fingerprint density at radius 3 is 2.41 bits per heavy atom. The molecule has 370 valence electrons. The van der Waals surface area contributed by atoms with E-state index in [-0.39, 0.29) is 72.7 Å². The Balaban J connectivity index is 1.62. The van der Waals surface area contributed by atoms with E-state index < -0.39 is 52.4 Å². The minimum absolute atomic E-state index is 0.00790. The highest BCUT2D eigenvalue weighted by Gasteiger charge is 2.39. The van der Waals surface area contributed by atoms with Crippen molar-refractivity contribution >= 4 is 46.7 Å². The average molecular weight is 959 g/mol. The van der Waals surface area contributed by atoms with Crippen LogP contribution >= 0.6 is 11.3 Å². The number of hydrogen-bond acceptors (Lipinski definition) is 12. The monoisotopic (exact) mass is 958 g/mol. The van der Waals surface area contributed by atoms with Crippen LogP contribution in [-0.2, 0) is 36.9 Å². The molecule has 0 unspecified atom stereocenters. The highest BCUT2D eigenvalue weighted by Crippen LogP contribution is 2.34. The van der Waals surface area contributed by atoms with Crippen LogP contribution < -0.4 is 15.4 Å². The van der Waals surface area contributed by atoms with Gasteiger partial charge in [-0.25, -0.2) is 4.98 Å². The molecule has 68 heavy (non-hydrogen) atoms. The molecule has 1 aliphatic heterocycles. The van der Waals surface area contributed by atoms with Gasteiger partial charge in [0.25, 0.3) is 5.91 Å². The van der Waals surface area contributed by atoms with E-state index in [1.165, 1.54) is 38.3 Å². The number of carboxylic acids is 1. The van der Waals surface area contributed by atoms with Crippen molar-refractivity contribution in [3.8, 4) is 18.1 Å². The second-order valence-corrected chi connectivity index (χ2v) is 19.8. The number of likely N-dealkylation sites (N-methyl/N-ethyl adjacent to an activating group) is 1. The zero-order valence-corrected chi connectivity index (χ0v) is 41.6. The van der Waals surface area contributed by atoms with E-state index in [1.807, 2.05) is 70.0 Å². The first-order valence-corrected chi connectivity index (χ1v) is 24.5. The number of ether oxygens (including phenoxy) is 2. The summed E-state index contributed by atoms with van der Waals surface area (Å²) in [7, 11) is 1.93. The molecule has 16 nitrogen and oxygen atoms in total. The van der Waals surface area contributed by atoms with E-state index in [2.05, 4.69) is 21.5 Å². The molecule has 2 aromatic carbocycles. The number of aromatic nitrogens is 1. The number of carbonyl (C=O) groups is 5. The smallest absolute Gasteiger partial charge is 0.311 e. The van der Waals surface area contributed by atoms with Crippen molar-refractivity contribution in [3.63, 3.8) is 0 Å². The van der Waals surface area contributed by atoms with Gasteiger partial charge in [0, 0.05) is 49.8 Å².